The number of hydrogen-bond donors (Lipinski definition) is 2. The average Bonchev–Trinajstić information content (AvgIpc) is 3.14. The van der Waals surface area contributed by atoms with Crippen molar-refractivity contribution in [2.75, 3.05) is 24.5 Å². The topological polar surface area (TPSA) is 90.3 Å². The van der Waals surface area contributed by atoms with Gasteiger partial charge in [-0.2, -0.15) is 0 Å². The molecule has 0 saturated carbocycles. The van der Waals surface area contributed by atoms with Crippen LogP contribution < -0.4 is 20.2 Å². The molecule has 0 spiro atoms. The summed E-state index contributed by atoms with van der Waals surface area (Å²) in [5, 5.41) is 11.9. The van der Waals surface area contributed by atoms with E-state index < -0.39 is 5.25 Å². The number of carbonyl (C=O) groups is 1. The van der Waals surface area contributed by atoms with Crippen LogP contribution in [0.3, 0.4) is 0 Å². The summed E-state index contributed by atoms with van der Waals surface area (Å²) in [6, 6.07) is 12.4. The molecule has 2 aromatic carbocycles. The van der Waals surface area contributed by atoms with Gasteiger partial charge in [0.25, 0.3) is 0 Å². The number of hydrogen-bond acceptors (Lipinski definition) is 7. The minimum Gasteiger partial charge on any atom is -0.495 e. The van der Waals surface area contributed by atoms with Crippen LogP contribution in [0.25, 0.3) is 0 Å². The largest absolute Gasteiger partial charge is 0.495 e. The molecule has 0 unspecified atom stereocenters. The first-order valence-electron chi connectivity index (χ1n) is 9.72. The molecule has 162 valence electrons. The second-order valence-corrected chi connectivity index (χ2v) is 8.37. The molecule has 2 heterocycles. The Bertz CT molecular complexity index is 1090. The standard InChI is InChI=1S/C21H22ClN5O3S/c1-4-30-15-8-6-14(7-9-15)23-20(28)19-18(13-5-10-17(29-3)16(22)11-13)26-27-12(2)24-25-21(27)31-19/h5-11,18-19,26H,4H2,1-3H3,(H,23,28)/t18-,19+/m0/s1. The van der Waals surface area contributed by atoms with Crippen molar-refractivity contribution in [1.82, 2.24) is 14.9 Å². The van der Waals surface area contributed by atoms with Gasteiger partial charge in [-0.3, -0.25) is 4.79 Å². The Kier molecular flexibility index (Phi) is 6.24. The number of nitrogens with zero attached hydrogens (tertiary/aromatic N) is 3. The Hall–Kier alpha value is -2.91. The number of benzene rings is 2. The summed E-state index contributed by atoms with van der Waals surface area (Å²) in [6.45, 7) is 4.36. The Morgan fingerprint density at radius 3 is 2.71 bits per heavy atom. The lowest BCUT2D eigenvalue weighted by Gasteiger charge is -2.33. The van der Waals surface area contributed by atoms with Crippen molar-refractivity contribution in [2.45, 2.75) is 30.3 Å². The van der Waals surface area contributed by atoms with Gasteiger partial charge in [0.15, 0.2) is 0 Å². The zero-order valence-electron chi connectivity index (χ0n) is 17.3. The van der Waals surface area contributed by atoms with Crippen molar-refractivity contribution in [3.8, 4) is 11.5 Å². The van der Waals surface area contributed by atoms with Crippen molar-refractivity contribution in [3.05, 3.63) is 58.9 Å². The maximum Gasteiger partial charge on any atom is 0.240 e. The van der Waals surface area contributed by atoms with E-state index in [4.69, 9.17) is 21.1 Å². The Labute approximate surface area is 189 Å². The van der Waals surface area contributed by atoms with Gasteiger partial charge in [-0.25, -0.2) is 4.68 Å². The molecular weight excluding hydrogens is 438 g/mol. The third-order valence-electron chi connectivity index (χ3n) is 4.82. The van der Waals surface area contributed by atoms with Crippen molar-refractivity contribution in [2.24, 2.45) is 0 Å². The highest BCUT2D eigenvalue weighted by molar-refractivity contribution is 8.00. The number of methoxy groups -OCH3 is 1. The van der Waals surface area contributed by atoms with Gasteiger partial charge in [0.2, 0.25) is 11.1 Å². The van der Waals surface area contributed by atoms with Gasteiger partial charge in [-0.05, 0) is 55.8 Å². The number of halogens is 1. The molecule has 8 nitrogen and oxygen atoms in total. The molecule has 0 aliphatic carbocycles. The van der Waals surface area contributed by atoms with Crippen LogP contribution in [-0.4, -0.2) is 39.7 Å². The number of amides is 1. The lowest BCUT2D eigenvalue weighted by molar-refractivity contribution is -0.116. The Morgan fingerprint density at radius 2 is 2.03 bits per heavy atom. The van der Waals surface area contributed by atoms with Crippen LogP contribution in [0, 0.1) is 6.92 Å². The van der Waals surface area contributed by atoms with Gasteiger partial charge in [-0.1, -0.05) is 29.4 Å². The molecule has 4 rings (SSSR count). The highest BCUT2D eigenvalue weighted by Gasteiger charge is 2.37. The van der Waals surface area contributed by atoms with Crippen molar-refractivity contribution < 1.29 is 14.3 Å². The highest BCUT2D eigenvalue weighted by atomic mass is 35.5. The minimum absolute atomic E-state index is 0.162. The van der Waals surface area contributed by atoms with Crippen LogP contribution in [0.15, 0.2) is 47.6 Å². The summed E-state index contributed by atoms with van der Waals surface area (Å²) in [4.78, 5) is 13.3. The van der Waals surface area contributed by atoms with E-state index in [0.717, 1.165) is 11.3 Å². The smallest absolute Gasteiger partial charge is 0.240 e. The molecule has 0 fully saturated rings. The van der Waals surface area contributed by atoms with Gasteiger partial charge in [0, 0.05) is 5.69 Å². The second kappa shape index (κ2) is 9.07. The van der Waals surface area contributed by atoms with Crippen LogP contribution in [0.4, 0.5) is 5.69 Å². The maximum atomic E-state index is 13.3. The number of rotatable bonds is 6. The van der Waals surface area contributed by atoms with Crippen molar-refractivity contribution in [3.63, 3.8) is 0 Å². The average molecular weight is 460 g/mol. The first kappa shape index (κ1) is 21.3. The summed E-state index contributed by atoms with van der Waals surface area (Å²) >= 11 is 7.70. The number of anilines is 1. The van der Waals surface area contributed by atoms with Crippen LogP contribution in [0.1, 0.15) is 24.4 Å². The molecule has 1 amide bonds. The molecule has 1 aromatic heterocycles. The zero-order valence-corrected chi connectivity index (χ0v) is 18.8. The predicted octanol–water partition coefficient (Wildman–Crippen LogP) is 4.05. The number of thioether (sulfide) groups is 1. The van der Waals surface area contributed by atoms with Gasteiger partial charge >= 0.3 is 0 Å². The van der Waals surface area contributed by atoms with Crippen LogP contribution in [0.5, 0.6) is 11.5 Å². The monoisotopic (exact) mass is 459 g/mol. The number of ether oxygens (including phenoxy) is 2. The number of aryl methyl sites for hydroxylation is 1. The lowest BCUT2D eigenvalue weighted by atomic mass is 10.0. The van der Waals surface area contributed by atoms with E-state index in [2.05, 4.69) is 20.9 Å². The minimum atomic E-state index is -0.507. The molecule has 1 aliphatic rings. The summed E-state index contributed by atoms with van der Waals surface area (Å²) in [5.74, 6) is 1.87. The van der Waals surface area contributed by atoms with Gasteiger partial charge in [-0.15, -0.1) is 10.2 Å². The fourth-order valence-electron chi connectivity index (χ4n) is 3.30. The van der Waals surface area contributed by atoms with E-state index in [1.165, 1.54) is 11.8 Å². The molecule has 2 atom stereocenters. The van der Waals surface area contributed by atoms with E-state index >= 15 is 0 Å². The molecule has 1 aliphatic heterocycles. The Balaban J connectivity index is 1.62. The van der Waals surface area contributed by atoms with Gasteiger partial charge in [0.05, 0.1) is 24.8 Å². The molecule has 2 N–H and O–H groups in total. The maximum absolute atomic E-state index is 13.3. The van der Waals surface area contributed by atoms with Crippen LogP contribution in [-0.2, 0) is 4.79 Å². The Morgan fingerprint density at radius 1 is 1.26 bits per heavy atom. The van der Waals surface area contributed by atoms with E-state index in [1.54, 1.807) is 23.9 Å². The molecule has 0 saturated heterocycles. The first-order valence-corrected chi connectivity index (χ1v) is 11.0. The number of carbonyl (C=O) groups excluding carboxylic acids is 1. The van der Waals surface area contributed by atoms with E-state index in [9.17, 15) is 4.79 Å². The molecule has 3 aromatic rings. The number of fused-ring (bicyclic) bond motifs is 1. The summed E-state index contributed by atoms with van der Waals surface area (Å²) in [7, 11) is 1.56. The normalized spacial score (nSPS) is 17.4. The molecular formula is C21H22ClN5O3S. The summed E-state index contributed by atoms with van der Waals surface area (Å²) in [6.07, 6.45) is 0. The molecule has 10 heteroatoms. The predicted molar refractivity (Wildman–Crippen MR) is 121 cm³/mol. The van der Waals surface area contributed by atoms with E-state index in [0.29, 0.717) is 34.0 Å². The molecule has 0 radical (unpaired) electrons. The third kappa shape index (κ3) is 4.42. The number of nitrogens with one attached hydrogen (secondary N) is 2. The second-order valence-electron chi connectivity index (χ2n) is 6.85. The summed E-state index contributed by atoms with van der Waals surface area (Å²) < 4.78 is 12.5. The van der Waals surface area contributed by atoms with Crippen molar-refractivity contribution >= 4 is 35.0 Å². The van der Waals surface area contributed by atoms with Gasteiger partial charge < -0.3 is 20.2 Å². The van der Waals surface area contributed by atoms with E-state index in [1.807, 2.05) is 44.2 Å². The van der Waals surface area contributed by atoms with Crippen LogP contribution >= 0.6 is 23.4 Å². The third-order valence-corrected chi connectivity index (χ3v) is 6.34. The zero-order chi connectivity index (χ0) is 22.0. The quantitative estimate of drug-likeness (QED) is 0.574. The molecule has 0 bridgehead atoms. The van der Waals surface area contributed by atoms with E-state index in [-0.39, 0.29) is 11.9 Å². The number of aromatic nitrogens is 3. The SMILES string of the molecule is CCOc1ccc(NC(=O)[C@@H]2Sc3nnc(C)n3N[C@H]2c2ccc(OC)c(Cl)c2)cc1. The fourth-order valence-corrected chi connectivity index (χ4v) is 4.69. The molecule has 31 heavy (non-hydrogen) atoms. The summed E-state index contributed by atoms with van der Waals surface area (Å²) in [5.41, 5.74) is 4.89. The van der Waals surface area contributed by atoms with Gasteiger partial charge in [0.1, 0.15) is 22.6 Å². The van der Waals surface area contributed by atoms with Crippen LogP contribution in [0.2, 0.25) is 5.02 Å². The highest BCUT2D eigenvalue weighted by Crippen LogP contribution is 2.39. The fraction of sp³-hybridized carbons (Fsp3) is 0.286. The first-order chi connectivity index (χ1) is 15.0. The van der Waals surface area contributed by atoms with Crippen molar-refractivity contribution in [1.29, 1.82) is 0 Å². The lowest BCUT2D eigenvalue weighted by Crippen LogP contribution is -2.41.